The van der Waals surface area contributed by atoms with E-state index in [1.807, 2.05) is 29.2 Å². The number of hydrogen-bond acceptors (Lipinski definition) is 3. The summed E-state index contributed by atoms with van der Waals surface area (Å²) in [6, 6.07) is 7.70. The van der Waals surface area contributed by atoms with Gasteiger partial charge < -0.3 is 20.3 Å². The Morgan fingerprint density at radius 2 is 2.21 bits per heavy atom. The molecule has 1 aromatic rings. The molecule has 24 heavy (non-hydrogen) atoms. The Morgan fingerprint density at radius 1 is 1.38 bits per heavy atom. The van der Waals surface area contributed by atoms with Gasteiger partial charge in [-0.25, -0.2) is 4.79 Å². The summed E-state index contributed by atoms with van der Waals surface area (Å²) in [6.45, 7) is 2.72. The van der Waals surface area contributed by atoms with Crippen LogP contribution in [0.5, 0.6) is 0 Å². The van der Waals surface area contributed by atoms with E-state index >= 15 is 0 Å². The average Bonchev–Trinajstić information content (AvgIpc) is 2.64. The van der Waals surface area contributed by atoms with Crippen LogP contribution in [0, 0.1) is 0 Å². The fraction of sp³-hybridized carbons (Fsp3) is 0.556. The molecule has 132 valence electrons. The third-order valence-corrected chi connectivity index (χ3v) is 4.35. The molecule has 0 spiro atoms. The first-order valence-corrected chi connectivity index (χ1v) is 8.49. The number of carbonyl (C=O) groups excluding carboxylic acids is 2. The molecule has 1 aliphatic rings. The van der Waals surface area contributed by atoms with Crippen molar-refractivity contribution in [2.75, 3.05) is 40.4 Å². The summed E-state index contributed by atoms with van der Waals surface area (Å²) >= 11 is 0. The maximum Gasteiger partial charge on any atom is 0.317 e. The van der Waals surface area contributed by atoms with E-state index in [0.29, 0.717) is 25.3 Å². The minimum absolute atomic E-state index is 0.0354. The summed E-state index contributed by atoms with van der Waals surface area (Å²) < 4.78 is 4.98. The van der Waals surface area contributed by atoms with Crippen LogP contribution in [-0.2, 0) is 4.74 Å². The maximum atomic E-state index is 12.2. The van der Waals surface area contributed by atoms with Crippen LogP contribution in [0.3, 0.4) is 0 Å². The van der Waals surface area contributed by atoms with Crippen LogP contribution in [-0.4, -0.2) is 57.2 Å². The number of carbonyl (C=O) groups is 2. The van der Waals surface area contributed by atoms with Gasteiger partial charge in [-0.2, -0.15) is 0 Å². The molecule has 0 aromatic heterocycles. The highest BCUT2D eigenvalue weighted by Crippen LogP contribution is 2.27. The normalized spacial score (nSPS) is 17.4. The summed E-state index contributed by atoms with van der Waals surface area (Å²) in [5.41, 5.74) is 1.79. The number of methoxy groups -OCH3 is 1. The monoisotopic (exact) mass is 333 g/mol. The van der Waals surface area contributed by atoms with Gasteiger partial charge in [-0.05, 0) is 37.0 Å². The molecule has 1 saturated heterocycles. The third-order valence-electron chi connectivity index (χ3n) is 4.35. The molecular weight excluding hydrogens is 306 g/mol. The van der Waals surface area contributed by atoms with Gasteiger partial charge in [0.15, 0.2) is 0 Å². The molecule has 0 aliphatic carbocycles. The van der Waals surface area contributed by atoms with Gasteiger partial charge >= 0.3 is 6.03 Å². The number of benzene rings is 1. The number of urea groups is 1. The largest absolute Gasteiger partial charge is 0.385 e. The van der Waals surface area contributed by atoms with E-state index in [-0.39, 0.29) is 17.9 Å². The van der Waals surface area contributed by atoms with Crippen molar-refractivity contribution in [3.8, 4) is 0 Å². The number of nitrogens with zero attached hydrogens (tertiary/aromatic N) is 1. The van der Waals surface area contributed by atoms with Crippen molar-refractivity contribution in [2.45, 2.75) is 25.2 Å². The van der Waals surface area contributed by atoms with E-state index in [9.17, 15) is 9.59 Å². The van der Waals surface area contributed by atoms with Gasteiger partial charge in [0.1, 0.15) is 0 Å². The van der Waals surface area contributed by atoms with Crippen molar-refractivity contribution in [1.29, 1.82) is 0 Å². The second kappa shape index (κ2) is 9.27. The van der Waals surface area contributed by atoms with Crippen LogP contribution in [0.1, 0.15) is 41.1 Å². The molecular formula is C18H27N3O3. The summed E-state index contributed by atoms with van der Waals surface area (Å²) in [5, 5.41) is 5.59. The van der Waals surface area contributed by atoms with Crippen molar-refractivity contribution >= 4 is 11.9 Å². The van der Waals surface area contributed by atoms with E-state index in [1.54, 1.807) is 14.2 Å². The van der Waals surface area contributed by atoms with Crippen LogP contribution in [0.2, 0.25) is 0 Å². The highest BCUT2D eigenvalue weighted by molar-refractivity contribution is 5.94. The molecule has 0 saturated carbocycles. The minimum atomic E-state index is -0.0630. The van der Waals surface area contributed by atoms with Gasteiger partial charge in [0.25, 0.3) is 5.91 Å². The zero-order valence-corrected chi connectivity index (χ0v) is 14.5. The van der Waals surface area contributed by atoms with E-state index in [1.165, 1.54) is 0 Å². The number of rotatable bonds is 6. The van der Waals surface area contributed by atoms with Crippen LogP contribution in [0.25, 0.3) is 0 Å². The first-order valence-electron chi connectivity index (χ1n) is 8.49. The van der Waals surface area contributed by atoms with Crippen LogP contribution >= 0.6 is 0 Å². The maximum absolute atomic E-state index is 12.2. The molecule has 0 unspecified atom stereocenters. The Bertz CT molecular complexity index is 562. The second-order valence-electron chi connectivity index (χ2n) is 6.07. The zero-order valence-electron chi connectivity index (χ0n) is 14.5. The number of nitrogens with one attached hydrogen (secondary N) is 2. The lowest BCUT2D eigenvalue weighted by Crippen LogP contribution is -2.43. The van der Waals surface area contributed by atoms with Crippen LogP contribution < -0.4 is 10.6 Å². The van der Waals surface area contributed by atoms with Crippen molar-refractivity contribution in [3.63, 3.8) is 0 Å². The highest BCUT2D eigenvalue weighted by Gasteiger charge is 2.24. The SMILES string of the molecule is CNC(=O)N1CCC[C@@H](c2cccc(C(=O)NCCCOC)c2)C1. The van der Waals surface area contributed by atoms with Crippen LogP contribution in [0.4, 0.5) is 4.79 Å². The Hall–Kier alpha value is -2.08. The molecule has 3 amide bonds. The standard InChI is InChI=1S/C18H27N3O3/c1-19-18(23)21-10-4-8-16(13-21)14-6-3-7-15(12-14)17(22)20-9-5-11-24-2/h3,6-7,12,16H,4-5,8-11,13H2,1-2H3,(H,19,23)(H,20,22)/t16-/m1/s1. The van der Waals surface area contributed by atoms with Crippen LogP contribution in [0.15, 0.2) is 24.3 Å². The van der Waals surface area contributed by atoms with Gasteiger partial charge in [-0.3, -0.25) is 4.79 Å². The first-order chi connectivity index (χ1) is 11.7. The molecule has 1 aromatic carbocycles. The van der Waals surface area contributed by atoms with Crippen molar-refractivity contribution in [2.24, 2.45) is 0 Å². The zero-order chi connectivity index (χ0) is 17.4. The molecule has 2 rings (SSSR count). The van der Waals surface area contributed by atoms with E-state index in [0.717, 1.165) is 31.4 Å². The fourth-order valence-corrected chi connectivity index (χ4v) is 3.05. The Balaban J connectivity index is 1.98. The molecule has 6 nitrogen and oxygen atoms in total. The summed E-state index contributed by atoms with van der Waals surface area (Å²) in [5.74, 6) is 0.212. The van der Waals surface area contributed by atoms with Gasteiger partial charge in [0.05, 0.1) is 0 Å². The highest BCUT2D eigenvalue weighted by atomic mass is 16.5. The van der Waals surface area contributed by atoms with Crippen molar-refractivity contribution in [3.05, 3.63) is 35.4 Å². The summed E-state index contributed by atoms with van der Waals surface area (Å²) in [4.78, 5) is 25.9. The quantitative estimate of drug-likeness (QED) is 0.782. The third kappa shape index (κ3) is 4.96. The lowest BCUT2D eigenvalue weighted by molar-refractivity contribution is 0.0948. The number of amides is 3. The van der Waals surface area contributed by atoms with E-state index < -0.39 is 0 Å². The molecule has 1 fully saturated rings. The van der Waals surface area contributed by atoms with Crippen molar-refractivity contribution in [1.82, 2.24) is 15.5 Å². The minimum Gasteiger partial charge on any atom is -0.385 e. The molecule has 1 aliphatic heterocycles. The molecule has 1 heterocycles. The number of piperidine rings is 1. The Labute approximate surface area is 143 Å². The van der Waals surface area contributed by atoms with Gasteiger partial charge in [0, 0.05) is 51.9 Å². The molecule has 1 atom stereocenters. The molecule has 0 radical (unpaired) electrons. The van der Waals surface area contributed by atoms with Gasteiger partial charge in [-0.1, -0.05) is 12.1 Å². The predicted octanol–water partition coefficient (Wildman–Crippen LogP) is 1.97. The van der Waals surface area contributed by atoms with E-state index in [4.69, 9.17) is 4.74 Å². The first kappa shape index (κ1) is 18.3. The molecule has 0 bridgehead atoms. The lowest BCUT2D eigenvalue weighted by Gasteiger charge is -2.32. The topological polar surface area (TPSA) is 70.7 Å². The van der Waals surface area contributed by atoms with Gasteiger partial charge in [-0.15, -0.1) is 0 Å². The van der Waals surface area contributed by atoms with Gasteiger partial charge in [0.2, 0.25) is 0 Å². The molecule has 2 N–H and O–H groups in total. The summed E-state index contributed by atoms with van der Waals surface area (Å²) in [6.07, 6.45) is 2.81. The summed E-state index contributed by atoms with van der Waals surface area (Å²) in [7, 11) is 3.30. The predicted molar refractivity (Wildman–Crippen MR) is 93.3 cm³/mol. The van der Waals surface area contributed by atoms with E-state index in [2.05, 4.69) is 10.6 Å². The smallest absolute Gasteiger partial charge is 0.317 e. The van der Waals surface area contributed by atoms with Crippen molar-refractivity contribution < 1.29 is 14.3 Å². The molecule has 6 heteroatoms. The Morgan fingerprint density at radius 3 is 2.96 bits per heavy atom. The fourth-order valence-electron chi connectivity index (χ4n) is 3.05. The average molecular weight is 333 g/mol. The Kier molecular flexibility index (Phi) is 7.06. The number of ether oxygens (including phenoxy) is 1. The number of likely N-dealkylation sites (tertiary alicyclic amines) is 1. The second-order valence-corrected chi connectivity index (χ2v) is 6.07. The number of hydrogen-bond donors (Lipinski definition) is 2. The lowest BCUT2D eigenvalue weighted by atomic mass is 9.89.